The molecule has 3 aromatic rings. The largest absolute Gasteiger partial charge is 0.508 e. The molecule has 340 valence electrons. The van der Waals surface area contributed by atoms with Crippen LogP contribution in [0.5, 0.6) is 5.75 Å². The number of likely N-dealkylation sites (tertiary alicyclic amines) is 1. The Hall–Kier alpha value is -5.46. The minimum atomic E-state index is -0.452. The highest BCUT2D eigenvalue weighted by molar-refractivity contribution is 6.02. The standard InChI is InChI=1S/C32H38F2N2O.C20H25N3O4/c1-35-15-11-32(12-16-35)13-17-36(18-14-32)31-28(33)20-24(21-29(31)34)30-26(22-5-3-2-4-6-22)9-7-23-19-25(37)8-10-27(23)30;1-14(21-2)19(5-4-7-24)22(3)20(27)18-10-16-12-23(6-8-25)11-15(16)9-17(18)13-26/h3,5-6,8,10,19-21,26,30,37H,2,4,7,9,11-18H2,1H3;7-10,13,19,21H,1,4-6,11-12H2,2-3H3/t26-,30+;/m1./s1. The first-order valence-corrected chi connectivity index (χ1v) is 22.8. The van der Waals surface area contributed by atoms with E-state index in [-0.39, 0.29) is 35.2 Å². The van der Waals surface area contributed by atoms with E-state index in [4.69, 9.17) is 0 Å². The van der Waals surface area contributed by atoms with Gasteiger partial charge in [0.25, 0.3) is 5.91 Å². The molecule has 3 aliphatic heterocycles. The number of carbonyl (C=O) groups excluding carboxylic acids is 4. The number of aryl methyl sites for hydroxylation is 1. The van der Waals surface area contributed by atoms with Crippen molar-refractivity contribution in [3.8, 4) is 5.75 Å². The molecular weight excluding hydrogens is 813 g/mol. The Bertz CT molecular complexity index is 2270. The van der Waals surface area contributed by atoms with Gasteiger partial charge < -0.3 is 34.7 Å². The number of hydrogen-bond donors (Lipinski definition) is 2. The molecule has 1 spiro atoms. The third-order valence-corrected chi connectivity index (χ3v) is 14.5. The lowest BCUT2D eigenvalue weighted by molar-refractivity contribution is -0.109. The van der Waals surface area contributed by atoms with Crippen LogP contribution in [0.25, 0.3) is 0 Å². The number of piperidine rings is 2. The van der Waals surface area contributed by atoms with Crippen LogP contribution in [0.15, 0.2) is 78.5 Å². The van der Waals surface area contributed by atoms with Crippen LogP contribution in [0.4, 0.5) is 14.5 Å². The molecule has 0 aromatic heterocycles. The summed E-state index contributed by atoms with van der Waals surface area (Å²) in [6.07, 6.45) is 17.9. The van der Waals surface area contributed by atoms with Crippen LogP contribution in [0.2, 0.25) is 0 Å². The van der Waals surface area contributed by atoms with E-state index in [0.29, 0.717) is 79.7 Å². The summed E-state index contributed by atoms with van der Waals surface area (Å²) in [5, 5.41) is 13.0. The number of allylic oxidation sites excluding steroid dienone is 4. The third kappa shape index (κ3) is 10.1. The monoisotopic (exact) mass is 875 g/mol. The fourth-order valence-corrected chi connectivity index (χ4v) is 10.7. The molecule has 3 atom stereocenters. The second kappa shape index (κ2) is 20.6. The number of rotatable bonds is 13. The van der Waals surface area contributed by atoms with E-state index in [2.05, 4.69) is 42.1 Å². The summed E-state index contributed by atoms with van der Waals surface area (Å²) in [4.78, 5) is 54.0. The van der Waals surface area contributed by atoms with Gasteiger partial charge in [-0.1, -0.05) is 30.9 Å². The molecule has 5 aliphatic rings. The second-order valence-corrected chi connectivity index (χ2v) is 18.4. The Morgan fingerprint density at radius 3 is 2.27 bits per heavy atom. The fourth-order valence-electron chi connectivity index (χ4n) is 10.7. The normalized spacial score (nSPS) is 20.8. The average Bonchev–Trinajstić information content (AvgIpc) is 3.71. The van der Waals surface area contributed by atoms with Gasteiger partial charge in [0.15, 0.2) is 6.29 Å². The Labute approximate surface area is 376 Å². The van der Waals surface area contributed by atoms with Gasteiger partial charge in [0.1, 0.15) is 35.6 Å². The molecular formula is C52H63F2N5O5. The van der Waals surface area contributed by atoms with Crippen LogP contribution in [0.3, 0.4) is 0 Å². The summed E-state index contributed by atoms with van der Waals surface area (Å²) in [6.45, 7) is 9.03. The highest BCUT2D eigenvalue weighted by atomic mass is 19.1. The lowest BCUT2D eigenvalue weighted by atomic mass is 9.68. The van der Waals surface area contributed by atoms with Crippen LogP contribution < -0.4 is 10.2 Å². The van der Waals surface area contributed by atoms with E-state index < -0.39 is 11.6 Å². The number of benzene rings is 3. The molecule has 3 heterocycles. The van der Waals surface area contributed by atoms with Gasteiger partial charge in [0.05, 0.1) is 18.2 Å². The number of aromatic hydroxyl groups is 1. The summed E-state index contributed by atoms with van der Waals surface area (Å²) in [5.74, 6) is -0.939. The lowest BCUT2D eigenvalue weighted by Crippen LogP contribution is -2.46. The van der Waals surface area contributed by atoms with Crippen molar-refractivity contribution in [2.45, 2.75) is 89.3 Å². The predicted octanol–water partition coefficient (Wildman–Crippen LogP) is 8.12. The Morgan fingerprint density at radius 1 is 0.953 bits per heavy atom. The predicted molar refractivity (Wildman–Crippen MR) is 247 cm³/mol. The van der Waals surface area contributed by atoms with E-state index in [9.17, 15) is 24.3 Å². The number of aldehydes is 3. The summed E-state index contributed by atoms with van der Waals surface area (Å²) in [6, 6.07) is 11.7. The van der Waals surface area contributed by atoms with Crippen molar-refractivity contribution in [3.05, 3.63) is 129 Å². The molecule has 2 aliphatic carbocycles. The van der Waals surface area contributed by atoms with Crippen LogP contribution in [0, 0.1) is 23.0 Å². The van der Waals surface area contributed by atoms with Crippen LogP contribution in [0.1, 0.15) is 112 Å². The molecule has 12 heteroatoms. The van der Waals surface area contributed by atoms with Gasteiger partial charge in [-0.15, -0.1) is 0 Å². The summed E-state index contributed by atoms with van der Waals surface area (Å²) >= 11 is 0. The molecule has 8 rings (SSSR count). The smallest absolute Gasteiger partial charge is 0.254 e. The maximum atomic E-state index is 15.8. The van der Waals surface area contributed by atoms with Crippen molar-refractivity contribution in [2.24, 2.45) is 11.3 Å². The van der Waals surface area contributed by atoms with Crippen molar-refractivity contribution in [1.82, 2.24) is 20.0 Å². The molecule has 0 saturated carbocycles. The highest BCUT2D eigenvalue weighted by Crippen LogP contribution is 2.48. The molecule has 10 nitrogen and oxygen atoms in total. The number of anilines is 1. The zero-order chi connectivity index (χ0) is 45.5. The molecule has 2 fully saturated rings. The first kappa shape index (κ1) is 46.5. The van der Waals surface area contributed by atoms with Gasteiger partial charge in [-0.25, -0.2) is 8.78 Å². The summed E-state index contributed by atoms with van der Waals surface area (Å²) in [7, 11) is 5.52. The van der Waals surface area contributed by atoms with E-state index in [0.717, 1.165) is 86.4 Å². The topological polar surface area (TPSA) is 113 Å². The number of likely N-dealkylation sites (N-methyl/N-ethyl adjacent to an activating group) is 2. The van der Waals surface area contributed by atoms with Crippen molar-refractivity contribution >= 4 is 30.5 Å². The number of carbonyl (C=O) groups is 4. The molecule has 1 unspecified atom stereocenters. The van der Waals surface area contributed by atoms with Crippen molar-refractivity contribution in [3.63, 3.8) is 0 Å². The van der Waals surface area contributed by atoms with Crippen LogP contribution >= 0.6 is 0 Å². The second-order valence-electron chi connectivity index (χ2n) is 18.4. The van der Waals surface area contributed by atoms with Crippen molar-refractivity contribution < 1.29 is 33.1 Å². The SMILES string of the molecule is C=C(NC)C(CCC=O)N(C)C(=O)c1cc2c(cc1C=O)CN(CC=O)C2.CN1CCC2(CC1)CCN(c1c(F)cc([C@@H]3c4ccc(O)cc4CC[C@@H]3C3=CCCC=C3)cc1F)CC2. The quantitative estimate of drug-likeness (QED) is 0.165. The molecule has 0 bridgehead atoms. The number of phenols is 1. The number of hydrogen-bond acceptors (Lipinski definition) is 9. The zero-order valence-corrected chi connectivity index (χ0v) is 37.6. The minimum Gasteiger partial charge on any atom is -0.508 e. The summed E-state index contributed by atoms with van der Waals surface area (Å²) in [5.41, 5.74) is 7.74. The molecule has 64 heavy (non-hydrogen) atoms. The van der Waals surface area contributed by atoms with Crippen molar-refractivity contribution in [1.29, 1.82) is 0 Å². The van der Waals surface area contributed by atoms with Gasteiger partial charge in [0, 0.05) is 63.9 Å². The highest BCUT2D eigenvalue weighted by Gasteiger charge is 2.39. The molecule has 1 amide bonds. The van der Waals surface area contributed by atoms with E-state index in [1.807, 2.05) is 21.9 Å². The minimum absolute atomic E-state index is 0.139. The zero-order valence-electron chi connectivity index (χ0n) is 37.6. The molecule has 3 aromatic carbocycles. The number of phenolic OH excluding ortho intramolecular Hbond substituents is 1. The molecule has 2 saturated heterocycles. The van der Waals surface area contributed by atoms with E-state index in [1.54, 1.807) is 44.4 Å². The number of halogens is 2. The summed E-state index contributed by atoms with van der Waals surface area (Å²) < 4.78 is 31.6. The third-order valence-electron chi connectivity index (χ3n) is 14.5. The average molecular weight is 876 g/mol. The van der Waals surface area contributed by atoms with Gasteiger partial charge in [-0.05, 0) is 159 Å². The lowest BCUT2D eigenvalue weighted by Gasteiger charge is -2.47. The number of nitrogens with zero attached hydrogens (tertiary/aromatic N) is 4. The molecule has 0 radical (unpaired) electrons. The Kier molecular flexibility index (Phi) is 15.0. The number of nitrogens with one attached hydrogen (secondary N) is 1. The van der Waals surface area contributed by atoms with E-state index in [1.165, 1.54) is 23.3 Å². The van der Waals surface area contributed by atoms with Gasteiger partial charge in [0.2, 0.25) is 0 Å². The first-order valence-electron chi connectivity index (χ1n) is 22.8. The Balaban J connectivity index is 0.000000202. The van der Waals surface area contributed by atoms with Gasteiger partial charge >= 0.3 is 0 Å². The molecule has 2 N–H and O–H groups in total. The van der Waals surface area contributed by atoms with Crippen molar-refractivity contribution in [2.75, 3.05) is 58.8 Å². The first-order chi connectivity index (χ1) is 30.9. The van der Waals surface area contributed by atoms with Gasteiger partial charge in [-0.2, -0.15) is 0 Å². The number of fused-ring (bicyclic) bond motifs is 2. The maximum Gasteiger partial charge on any atom is 0.254 e. The van der Waals surface area contributed by atoms with Crippen LogP contribution in [-0.4, -0.2) is 104 Å². The van der Waals surface area contributed by atoms with Gasteiger partial charge in [-0.3, -0.25) is 14.5 Å². The fraction of sp³-hybridized carbons (Fsp3) is 0.462. The Morgan fingerprint density at radius 2 is 1.64 bits per heavy atom. The number of amides is 1. The maximum absolute atomic E-state index is 15.8. The van der Waals surface area contributed by atoms with E-state index >= 15 is 8.78 Å². The van der Waals surface area contributed by atoms with Crippen LogP contribution in [-0.2, 0) is 29.1 Å².